The van der Waals surface area contributed by atoms with Crippen LogP contribution in [0.5, 0.6) is 0 Å². The molecule has 3 rings (SSSR count). The highest BCUT2D eigenvalue weighted by Gasteiger charge is 2.05. The summed E-state index contributed by atoms with van der Waals surface area (Å²) in [6, 6.07) is 5.72. The van der Waals surface area contributed by atoms with Crippen LogP contribution in [-0.2, 0) is 0 Å². The molecule has 0 bridgehead atoms. The van der Waals surface area contributed by atoms with E-state index in [9.17, 15) is 0 Å². The van der Waals surface area contributed by atoms with Gasteiger partial charge in [-0.3, -0.25) is 10.1 Å². The fourth-order valence-corrected chi connectivity index (χ4v) is 1.68. The number of anilines is 1. The molecule has 68 valence electrons. The van der Waals surface area contributed by atoms with Gasteiger partial charge in [-0.25, -0.2) is 0 Å². The molecule has 1 aromatic carbocycles. The van der Waals surface area contributed by atoms with Crippen molar-refractivity contribution in [1.29, 1.82) is 0 Å². The van der Waals surface area contributed by atoms with Crippen molar-refractivity contribution in [2.45, 2.75) is 0 Å². The molecule has 0 saturated heterocycles. The van der Waals surface area contributed by atoms with Gasteiger partial charge < -0.3 is 5.73 Å². The number of nitrogens with zero attached hydrogens (tertiary/aromatic N) is 2. The Morgan fingerprint density at radius 2 is 2.14 bits per heavy atom. The van der Waals surface area contributed by atoms with E-state index in [-0.39, 0.29) is 0 Å². The summed E-state index contributed by atoms with van der Waals surface area (Å²) in [6.07, 6.45) is 3.49. The van der Waals surface area contributed by atoms with Gasteiger partial charge in [-0.2, -0.15) is 5.10 Å². The second kappa shape index (κ2) is 2.45. The summed E-state index contributed by atoms with van der Waals surface area (Å²) >= 11 is 0. The Labute approximate surface area is 79.8 Å². The van der Waals surface area contributed by atoms with Crippen molar-refractivity contribution in [2.24, 2.45) is 0 Å². The topological polar surface area (TPSA) is 67.6 Å². The molecule has 3 N–H and O–H groups in total. The summed E-state index contributed by atoms with van der Waals surface area (Å²) in [5.41, 5.74) is 8.46. The van der Waals surface area contributed by atoms with Gasteiger partial charge in [0.05, 0.1) is 17.2 Å². The van der Waals surface area contributed by atoms with Crippen LogP contribution in [0, 0.1) is 0 Å². The van der Waals surface area contributed by atoms with Crippen molar-refractivity contribution < 1.29 is 0 Å². The minimum Gasteiger partial charge on any atom is -0.398 e. The summed E-state index contributed by atoms with van der Waals surface area (Å²) in [6.45, 7) is 0. The van der Waals surface area contributed by atoms with Gasteiger partial charge in [0.15, 0.2) is 0 Å². The maximum atomic E-state index is 5.89. The quantitative estimate of drug-likeness (QED) is 0.558. The number of H-pyrrole nitrogens is 1. The number of nitrogen functional groups attached to an aromatic ring is 1. The molecule has 0 saturated carbocycles. The van der Waals surface area contributed by atoms with E-state index in [4.69, 9.17) is 5.73 Å². The van der Waals surface area contributed by atoms with Gasteiger partial charge in [-0.05, 0) is 18.2 Å². The van der Waals surface area contributed by atoms with Gasteiger partial charge in [0.2, 0.25) is 0 Å². The molecule has 0 radical (unpaired) electrons. The number of fused-ring (bicyclic) bond motifs is 3. The number of rotatable bonds is 0. The van der Waals surface area contributed by atoms with Crippen LogP contribution >= 0.6 is 0 Å². The number of nitrogens with one attached hydrogen (secondary N) is 1. The highest BCUT2D eigenvalue weighted by atomic mass is 15.1. The summed E-state index contributed by atoms with van der Waals surface area (Å²) in [4.78, 5) is 4.24. The Morgan fingerprint density at radius 1 is 1.21 bits per heavy atom. The van der Waals surface area contributed by atoms with E-state index in [0.29, 0.717) is 0 Å². The van der Waals surface area contributed by atoms with E-state index in [1.807, 2.05) is 12.1 Å². The predicted molar refractivity (Wildman–Crippen MR) is 55.8 cm³/mol. The van der Waals surface area contributed by atoms with Gasteiger partial charge in [0.1, 0.15) is 0 Å². The minimum atomic E-state index is 0.727. The highest BCUT2D eigenvalue weighted by Crippen LogP contribution is 2.26. The smallest absolute Gasteiger partial charge is 0.0765 e. The van der Waals surface area contributed by atoms with Gasteiger partial charge in [0.25, 0.3) is 0 Å². The number of aromatic nitrogens is 3. The van der Waals surface area contributed by atoms with Crippen molar-refractivity contribution in [1.82, 2.24) is 15.2 Å². The largest absolute Gasteiger partial charge is 0.398 e. The van der Waals surface area contributed by atoms with E-state index in [1.54, 1.807) is 18.5 Å². The Hall–Kier alpha value is -2.10. The van der Waals surface area contributed by atoms with Crippen molar-refractivity contribution in [2.75, 3.05) is 5.73 Å². The van der Waals surface area contributed by atoms with Crippen molar-refractivity contribution in [3.05, 3.63) is 30.6 Å². The Kier molecular flexibility index (Phi) is 1.28. The number of aromatic amines is 1. The number of benzene rings is 1. The third-order valence-corrected chi connectivity index (χ3v) is 2.35. The van der Waals surface area contributed by atoms with Crippen LogP contribution in [0.2, 0.25) is 0 Å². The van der Waals surface area contributed by atoms with Gasteiger partial charge in [-0.15, -0.1) is 0 Å². The Bertz CT molecular complexity index is 612. The van der Waals surface area contributed by atoms with Crippen LogP contribution in [0.4, 0.5) is 5.69 Å². The number of hydrogen-bond acceptors (Lipinski definition) is 3. The molecule has 0 spiro atoms. The van der Waals surface area contributed by atoms with Crippen LogP contribution < -0.4 is 5.73 Å². The molecule has 0 aliphatic carbocycles. The van der Waals surface area contributed by atoms with Crippen molar-refractivity contribution in [3.63, 3.8) is 0 Å². The van der Waals surface area contributed by atoms with Crippen LogP contribution in [-0.4, -0.2) is 15.2 Å². The maximum absolute atomic E-state index is 5.89. The molecule has 0 aliphatic heterocycles. The lowest BCUT2D eigenvalue weighted by Gasteiger charge is -2.01. The molecular formula is C10H8N4. The van der Waals surface area contributed by atoms with E-state index in [0.717, 1.165) is 27.5 Å². The van der Waals surface area contributed by atoms with Gasteiger partial charge in [-0.1, -0.05) is 0 Å². The molecule has 14 heavy (non-hydrogen) atoms. The molecule has 0 amide bonds. The average Bonchev–Trinajstić information content (AvgIpc) is 2.65. The lowest BCUT2D eigenvalue weighted by atomic mass is 10.1. The van der Waals surface area contributed by atoms with Crippen molar-refractivity contribution in [3.8, 4) is 0 Å². The molecule has 0 fully saturated rings. The van der Waals surface area contributed by atoms with E-state index in [1.165, 1.54) is 0 Å². The lowest BCUT2D eigenvalue weighted by molar-refractivity contribution is 1.12. The summed E-state index contributed by atoms with van der Waals surface area (Å²) in [7, 11) is 0. The average molecular weight is 184 g/mol. The standard InChI is InChI=1S/C10H8N4/c11-7-3-4-12-8-2-1-6-5-13-14-10(6)9(7)8/h1-5H,(H2,11,12)(H,13,14). The SMILES string of the molecule is Nc1ccnc2ccc3cn[nH]c3c12. The second-order valence-corrected chi connectivity index (χ2v) is 3.19. The first-order valence-corrected chi connectivity index (χ1v) is 4.32. The molecular weight excluding hydrogens is 176 g/mol. The van der Waals surface area contributed by atoms with E-state index in [2.05, 4.69) is 15.2 Å². The first kappa shape index (κ1) is 7.32. The zero-order valence-electron chi connectivity index (χ0n) is 7.36. The summed E-state index contributed by atoms with van der Waals surface area (Å²) in [5.74, 6) is 0. The van der Waals surface area contributed by atoms with Crippen molar-refractivity contribution >= 4 is 27.5 Å². The summed E-state index contributed by atoms with van der Waals surface area (Å²) < 4.78 is 0. The number of pyridine rings is 1. The van der Waals surface area contributed by atoms with Gasteiger partial charge >= 0.3 is 0 Å². The molecule has 0 atom stereocenters. The molecule has 3 aromatic rings. The third-order valence-electron chi connectivity index (χ3n) is 2.35. The zero-order chi connectivity index (χ0) is 9.54. The second-order valence-electron chi connectivity index (χ2n) is 3.19. The fraction of sp³-hybridized carbons (Fsp3) is 0. The number of hydrogen-bond donors (Lipinski definition) is 2. The Balaban J connectivity index is 2.67. The zero-order valence-corrected chi connectivity index (χ0v) is 7.36. The maximum Gasteiger partial charge on any atom is 0.0765 e. The fourth-order valence-electron chi connectivity index (χ4n) is 1.68. The lowest BCUT2D eigenvalue weighted by Crippen LogP contribution is -1.89. The van der Waals surface area contributed by atoms with Crippen LogP contribution in [0.3, 0.4) is 0 Å². The number of nitrogens with two attached hydrogens (primary N) is 1. The Morgan fingerprint density at radius 3 is 3.07 bits per heavy atom. The van der Waals surface area contributed by atoms with Crippen LogP contribution in [0.15, 0.2) is 30.6 Å². The summed E-state index contributed by atoms with van der Waals surface area (Å²) in [5, 5.41) is 8.92. The molecule has 2 heterocycles. The normalized spacial score (nSPS) is 11.1. The molecule has 0 unspecified atom stereocenters. The van der Waals surface area contributed by atoms with E-state index < -0.39 is 0 Å². The predicted octanol–water partition coefficient (Wildman–Crippen LogP) is 1.69. The first-order valence-electron chi connectivity index (χ1n) is 4.32. The van der Waals surface area contributed by atoms with Crippen LogP contribution in [0.1, 0.15) is 0 Å². The third kappa shape index (κ3) is 0.821. The van der Waals surface area contributed by atoms with Gasteiger partial charge in [0, 0.05) is 22.7 Å². The molecule has 0 aliphatic rings. The van der Waals surface area contributed by atoms with E-state index >= 15 is 0 Å². The minimum absolute atomic E-state index is 0.727. The monoisotopic (exact) mass is 184 g/mol. The molecule has 4 nitrogen and oxygen atoms in total. The molecule has 4 heteroatoms. The first-order chi connectivity index (χ1) is 6.86. The highest BCUT2D eigenvalue weighted by molar-refractivity contribution is 6.09. The molecule has 2 aromatic heterocycles. The van der Waals surface area contributed by atoms with Crippen LogP contribution in [0.25, 0.3) is 21.8 Å².